The van der Waals surface area contributed by atoms with E-state index in [4.69, 9.17) is 0 Å². The normalized spacial score (nSPS) is 12.8. The molecule has 5 heteroatoms. The molecule has 1 amide bonds. The highest BCUT2D eigenvalue weighted by Crippen LogP contribution is 2.22. The number of thiazole rings is 1. The van der Waals surface area contributed by atoms with Gasteiger partial charge in [0, 0.05) is 36.1 Å². The van der Waals surface area contributed by atoms with Crippen molar-refractivity contribution in [1.82, 2.24) is 10.3 Å². The molecule has 0 radical (unpaired) electrons. The standard InChI is InChI=1S/C15H17N3OS/c1-10-18-13(9-20-10)5-7-17-15(19)12-2-3-14-11(8-12)4-6-16-14/h2-3,8-9,16H,4-7H2,1H3,(H,17,19). The lowest BCUT2D eigenvalue weighted by Gasteiger charge is -2.06. The Kier molecular flexibility index (Phi) is 3.69. The van der Waals surface area contributed by atoms with Crippen molar-refractivity contribution in [3.05, 3.63) is 45.4 Å². The van der Waals surface area contributed by atoms with Crippen LogP contribution in [-0.4, -0.2) is 24.0 Å². The third kappa shape index (κ3) is 2.82. The number of nitrogens with zero attached hydrogens (tertiary/aromatic N) is 1. The summed E-state index contributed by atoms with van der Waals surface area (Å²) in [5, 5.41) is 9.36. The zero-order valence-electron chi connectivity index (χ0n) is 11.4. The van der Waals surface area contributed by atoms with Crippen molar-refractivity contribution in [3.63, 3.8) is 0 Å². The van der Waals surface area contributed by atoms with Crippen LogP contribution in [0.5, 0.6) is 0 Å². The van der Waals surface area contributed by atoms with Gasteiger partial charge in [0.1, 0.15) is 0 Å². The Balaban J connectivity index is 1.56. The van der Waals surface area contributed by atoms with Crippen molar-refractivity contribution in [3.8, 4) is 0 Å². The van der Waals surface area contributed by atoms with Crippen molar-refractivity contribution in [2.24, 2.45) is 0 Å². The Morgan fingerprint density at radius 3 is 3.20 bits per heavy atom. The van der Waals surface area contributed by atoms with E-state index in [9.17, 15) is 4.79 Å². The van der Waals surface area contributed by atoms with Crippen LogP contribution in [0, 0.1) is 6.92 Å². The maximum Gasteiger partial charge on any atom is 0.251 e. The van der Waals surface area contributed by atoms with Crippen molar-refractivity contribution >= 4 is 22.9 Å². The molecule has 4 nitrogen and oxygen atoms in total. The van der Waals surface area contributed by atoms with E-state index in [1.165, 1.54) is 5.56 Å². The van der Waals surface area contributed by atoms with E-state index in [1.807, 2.05) is 30.5 Å². The van der Waals surface area contributed by atoms with Crippen LogP contribution in [0.25, 0.3) is 0 Å². The van der Waals surface area contributed by atoms with Gasteiger partial charge < -0.3 is 10.6 Å². The maximum atomic E-state index is 12.1. The lowest BCUT2D eigenvalue weighted by atomic mass is 10.1. The van der Waals surface area contributed by atoms with Gasteiger partial charge in [0.25, 0.3) is 5.91 Å². The molecule has 2 N–H and O–H groups in total. The molecule has 0 bridgehead atoms. The van der Waals surface area contributed by atoms with E-state index in [0.29, 0.717) is 6.54 Å². The first-order chi connectivity index (χ1) is 9.72. The minimum atomic E-state index is -0.00773. The fourth-order valence-corrected chi connectivity index (χ4v) is 3.02. The molecule has 3 rings (SSSR count). The van der Waals surface area contributed by atoms with E-state index in [2.05, 4.69) is 15.6 Å². The van der Waals surface area contributed by atoms with E-state index < -0.39 is 0 Å². The minimum absolute atomic E-state index is 0.00773. The first-order valence-corrected chi connectivity index (χ1v) is 7.66. The Hall–Kier alpha value is -1.88. The zero-order chi connectivity index (χ0) is 13.9. The molecule has 0 atom stereocenters. The SMILES string of the molecule is Cc1nc(CCNC(=O)c2ccc3c(c2)CCN3)cs1. The maximum absolute atomic E-state index is 12.1. The van der Waals surface area contributed by atoms with Crippen LogP contribution < -0.4 is 10.6 Å². The summed E-state index contributed by atoms with van der Waals surface area (Å²) in [5.41, 5.74) is 4.17. The second-order valence-electron chi connectivity index (χ2n) is 4.91. The molecule has 20 heavy (non-hydrogen) atoms. The molecule has 0 aliphatic carbocycles. The van der Waals surface area contributed by atoms with Gasteiger partial charge in [-0.1, -0.05) is 0 Å². The van der Waals surface area contributed by atoms with Gasteiger partial charge >= 0.3 is 0 Å². The number of fused-ring (bicyclic) bond motifs is 1. The third-order valence-electron chi connectivity index (χ3n) is 3.41. The number of carbonyl (C=O) groups is 1. The monoisotopic (exact) mass is 287 g/mol. The van der Waals surface area contributed by atoms with Gasteiger partial charge in [-0.05, 0) is 37.1 Å². The van der Waals surface area contributed by atoms with Gasteiger partial charge in [0.15, 0.2) is 0 Å². The molecular formula is C15H17N3OS. The van der Waals surface area contributed by atoms with Crippen LogP contribution >= 0.6 is 11.3 Å². The summed E-state index contributed by atoms with van der Waals surface area (Å²) in [6.45, 7) is 3.58. The van der Waals surface area contributed by atoms with Crippen molar-refractivity contribution in [2.75, 3.05) is 18.4 Å². The lowest BCUT2D eigenvalue weighted by molar-refractivity contribution is 0.0954. The fourth-order valence-electron chi connectivity index (χ4n) is 2.38. The molecule has 0 saturated carbocycles. The molecular weight excluding hydrogens is 270 g/mol. The second kappa shape index (κ2) is 5.63. The molecule has 2 aromatic rings. The van der Waals surface area contributed by atoms with Gasteiger partial charge in [0.2, 0.25) is 0 Å². The summed E-state index contributed by atoms with van der Waals surface area (Å²) < 4.78 is 0. The number of nitrogens with one attached hydrogen (secondary N) is 2. The summed E-state index contributed by atoms with van der Waals surface area (Å²) in [6.07, 6.45) is 1.77. The molecule has 1 aliphatic rings. The van der Waals surface area contributed by atoms with Crippen molar-refractivity contribution < 1.29 is 4.79 Å². The highest BCUT2D eigenvalue weighted by molar-refractivity contribution is 7.09. The Morgan fingerprint density at radius 2 is 2.40 bits per heavy atom. The predicted octanol–water partition coefficient (Wildman–Crippen LogP) is 2.39. The van der Waals surface area contributed by atoms with Gasteiger partial charge in [-0.3, -0.25) is 4.79 Å². The number of benzene rings is 1. The first-order valence-electron chi connectivity index (χ1n) is 6.78. The molecule has 0 fully saturated rings. The minimum Gasteiger partial charge on any atom is -0.384 e. The molecule has 0 saturated heterocycles. The number of anilines is 1. The number of carbonyl (C=O) groups excluding carboxylic acids is 1. The Labute approximate surface area is 122 Å². The van der Waals surface area contributed by atoms with Gasteiger partial charge in [-0.25, -0.2) is 4.98 Å². The van der Waals surface area contributed by atoms with Gasteiger partial charge in [-0.15, -0.1) is 11.3 Å². The van der Waals surface area contributed by atoms with Gasteiger partial charge in [0.05, 0.1) is 10.7 Å². The van der Waals surface area contributed by atoms with Crippen LogP contribution in [-0.2, 0) is 12.8 Å². The molecule has 2 heterocycles. The lowest BCUT2D eigenvalue weighted by Crippen LogP contribution is -2.25. The molecule has 1 aromatic heterocycles. The highest BCUT2D eigenvalue weighted by atomic mass is 32.1. The van der Waals surface area contributed by atoms with Crippen molar-refractivity contribution in [1.29, 1.82) is 0 Å². The van der Waals surface area contributed by atoms with Crippen molar-refractivity contribution in [2.45, 2.75) is 19.8 Å². The summed E-state index contributed by atoms with van der Waals surface area (Å²) >= 11 is 1.64. The van der Waals surface area contributed by atoms with E-state index in [0.717, 1.165) is 41.3 Å². The van der Waals surface area contributed by atoms with Gasteiger partial charge in [-0.2, -0.15) is 0 Å². The Bertz CT molecular complexity index is 636. The Morgan fingerprint density at radius 1 is 1.50 bits per heavy atom. The third-order valence-corrected chi connectivity index (χ3v) is 4.23. The summed E-state index contributed by atoms with van der Waals surface area (Å²) in [7, 11) is 0. The molecule has 0 spiro atoms. The zero-order valence-corrected chi connectivity index (χ0v) is 12.2. The average molecular weight is 287 g/mol. The van der Waals surface area contributed by atoms with Crippen LogP contribution in [0.2, 0.25) is 0 Å². The van der Waals surface area contributed by atoms with Crippen LogP contribution in [0.1, 0.15) is 26.6 Å². The quantitative estimate of drug-likeness (QED) is 0.908. The second-order valence-corrected chi connectivity index (χ2v) is 5.97. The van der Waals surface area contributed by atoms with E-state index >= 15 is 0 Å². The number of amides is 1. The van der Waals surface area contributed by atoms with Crippen LogP contribution in [0.3, 0.4) is 0 Å². The summed E-state index contributed by atoms with van der Waals surface area (Å²) in [6, 6.07) is 5.85. The average Bonchev–Trinajstić information content (AvgIpc) is 3.06. The van der Waals surface area contributed by atoms with Crippen LogP contribution in [0.4, 0.5) is 5.69 Å². The molecule has 104 valence electrons. The number of aromatic nitrogens is 1. The topological polar surface area (TPSA) is 54.0 Å². The summed E-state index contributed by atoms with van der Waals surface area (Å²) in [4.78, 5) is 16.5. The molecule has 1 aliphatic heterocycles. The summed E-state index contributed by atoms with van der Waals surface area (Å²) in [5.74, 6) is -0.00773. The van der Waals surface area contributed by atoms with Crippen LogP contribution in [0.15, 0.2) is 23.6 Å². The van der Waals surface area contributed by atoms with E-state index in [-0.39, 0.29) is 5.91 Å². The number of aryl methyl sites for hydroxylation is 1. The smallest absolute Gasteiger partial charge is 0.251 e. The fraction of sp³-hybridized carbons (Fsp3) is 0.333. The molecule has 1 aromatic carbocycles. The van der Waals surface area contributed by atoms with E-state index in [1.54, 1.807) is 11.3 Å². The number of hydrogen-bond donors (Lipinski definition) is 2. The first kappa shape index (κ1) is 13.1. The highest BCUT2D eigenvalue weighted by Gasteiger charge is 2.13. The largest absolute Gasteiger partial charge is 0.384 e. The molecule has 0 unspecified atom stereocenters. The predicted molar refractivity (Wildman–Crippen MR) is 81.5 cm³/mol. The number of hydrogen-bond acceptors (Lipinski definition) is 4. The number of rotatable bonds is 4.